The van der Waals surface area contributed by atoms with Crippen molar-refractivity contribution < 1.29 is 5.11 Å². The molecule has 4 rings (SSSR count). The van der Waals surface area contributed by atoms with Crippen LogP contribution in [0.1, 0.15) is 35.4 Å². The lowest BCUT2D eigenvalue weighted by Gasteiger charge is -2.42. The molecule has 1 aliphatic rings. The third-order valence-corrected chi connectivity index (χ3v) is 6.35. The van der Waals surface area contributed by atoms with E-state index in [0.717, 1.165) is 32.5 Å². The van der Waals surface area contributed by atoms with Gasteiger partial charge in [-0.15, -0.1) is 0 Å². The van der Waals surface area contributed by atoms with Crippen molar-refractivity contribution in [2.75, 3.05) is 26.2 Å². The van der Waals surface area contributed by atoms with E-state index in [-0.39, 0.29) is 12.0 Å². The Morgan fingerprint density at radius 2 is 1.18 bits per heavy atom. The van der Waals surface area contributed by atoms with Gasteiger partial charge < -0.3 is 10.0 Å². The normalized spacial score (nSPS) is 16.9. The van der Waals surface area contributed by atoms with E-state index in [2.05, 4.69) is 89.8 Å². The number of benzene rings is 3. The molecule has 0 aromatic heterocycles. The molecule has 2 heteroatoms. The summed E-state index contributed by atoms with van der Waals surface area (Å²) in [6.07, 6.45) is 2.01. The van der Waals surface area contributed by atoms with Crippen LogP contribution in [0.5, 0.6) is 0 Å². The van der Waals surface area contributed by atoms with Crippen molar-refractivity contribution in [2.45, 2.75) is 24.2 Å². The molecular formula is C26H29NO. The van der Waals surface area contributed by atoms with E-state index in [1.54, 1.807) is 0 Å². The summed E-state index contributed by atoms with van der Waals surface area (Å²) in [7, 11) is 0. The Morgan fingerprint density at radius 1 is 0.714 bits per heavy atom. The molecule has 1 aliphatic heterocycles. The van der Waals surface area contributed by atoms with Gasteiger partial charge in [0.2, 0.25) is 0 Å². The van der Waals surface area contributed by atoms with Gasteiger partial charge in [-0.2, -0.15) is 0 Å². The number of piperidine rings is 1. The summed E-state index contributed by atoms with van der Waals surface area (Å²) >= 11 is 0. The fourth-order valence-corrected chi connectivity index (χ4v) is 4.53. The summed E-state index contributed by atoms with van der Waals surface area (Å²) < 4.78 is 0. The highest BCUT2D eigenvalue weighted by Gasteiger charge is 2.36. The molecule has 1 heterocycles. The summed E-state index contributed by atoms with van der Waals surface area (Å²) in [4.78, 5) is 2.57. The lowest BCUT2D eigenvalue weighted by Crippen LogP contribution is -2.45. The van der Waals surface area contributed by atoms with Crippen LogP contribution in [0.25, 0.3) is 0 Å². The zero-order valence-electron chi connectivity index (χ0n) is 16.4. The van der Waals surface area contributed by atoms with E-state index in [1.165, 1.54) is 16.7 Å². The fourth-order valence-electron chi connectivity index (χ4n) is 4.53. The number of hydrogen-bond donors (Lipinski definition) is 1. The molecule has 0 aliphatic carbocycles. The highest BCUT2D eigenvalue weighted by atomic mass is 16.3. The van der Waals surface area contributed by atoms with Crippen LogP contribution in [0.3, 0.4) is 0 Å². The molecule has 3 aromatic rings. The van der Waals surface area contributed by atoms with E-state index >= 15 is 0 Å². The predicted octanol–water partition coefficient (Wildman–Crippen LogP) is 4.84. The van der Waals surface area contributed by atoms with Crippen molar-refractivity contribution in [3.05, 3.63) is 108 Å². The zero-order chi connectivity index (χ0) is 19.2. The Kier molecular flexibility index (Phi) is 5.90. The first-order valence-electron chi connectivity index (χ1n) is 10.3. The molecule has 0 unspecified atom stereocenters. The SMILES string of the molecule is OCC1(c2ccccc2)CCN(CC(c2ccccc2)c2ccccc2)CC1. The maximum atomic E-state index is 10.2. The number of aliphatic hydroxyl groups excluding tert-OH is 1. The average Bonchev–Trinajstić information content (AvgIpc) is 2.80. The molecule has 0 bridgehead atoms. The van der Waals surface area contributed by atoms with Crippen LogP contribution >= 0.6 is 0 Å². The van der Waals surface area contributed by atoms with Crippen molar-refractivity contribution in [3.63, 3.8) is 0 Å². The van der Waals surface area contributed by atoms with Gasteiger partial charge in [0.05, 0.1) is 6.61 Å². The molecule has 2 nitrogen and oxygen atoms in total. The van der Waals surface area contributed by atoms with Crippen molar-refractivity contribution in [3.8, 4) is 0 Å². The number of nitrogens with zero attached hydrogens (tertiary/aromatic N) is 1. The van der Waals surface area contributed by atoms with Crippen LogP contribution in [0.2, 0.25) is 0 Å². The van der Waals surface area contributed by atoms with Crippen LogP contribution in [0.15, 0.2) is 91.0 Å². The molecule has 0 radical (unpaired) electrons. The summed E-state index contributed by atoms with van der Waals surface area (Å²) in [5, 5.41) is 10.2. The van der Waals surface area contributed by atoms with Crippen LogP contribution in [-0.4, -0.2) is 36.2 Å². The third-order valence-electron chi connectivity index (χ3n) is 6.35. The number of rotatable bonds is 6. The molecule has 28 heavy (non-hydrogen) atoms. The number of likely N-dealkylation sites (tertiary alicyclic amines) is 1. The fraction of sp³-hybridized carbons (Fsp3) is 0.308. The van der Waals surface area contributed by atoms with Crippen molar-refractivity contribution >= 4 is 0 Å². The van der Waals surface area contributed by atoms with E-state index < -0.39 is 0 Å². The Morgan fingerprint density at radius 3 is 1.64 bits per heavy atom. The van der Waals surface area contributed by atoms with Gasteiger partial charge in [-0.05, 0) is 42.6 Å². The smallest absolute Gasteiger partial charge is 0.0528 e. The van der Waals surface area contributed by atoms with Crippen molar-refractivity contribution in [1.82, 2.24) is 4.90 Å². The molecule has 1 fully saturated rings. The van der Waals surface area contributed by atoms with Crippen LogP contribution in [0.4, 0.5) is 0 Å². The largest absolute Gasteiger partial charge is 0.395 e. The van der Waals surface area contributed by atoms with Gasteiger partial charge in [0.1, 0.15) is 0 Å². The first kappa shape index (κ1) is 18.9. The summed E-state index contributed by atoms with van der Waals surface area (Å²) in [5.74, 6) is 0.376. The standard InChI is InChI=1S/C26H29NO/c28-21-26(24-14-8-3-9-15-24)16-18-27(19-17-26)20-25(22-10-4-1-5-11-22)23-12-6-2-7-13-23/h1-15,25,28H,16-21H2. The Bertz CT molecular complexity index is 800. The minimum atomic E-state index is -0.0905. The maximum Gasteiger partial charge on any atom is 0.0528 e. The molecule has 0 saturated carbocycles. The molecule has 1 N–H and O–H groups in total. The lowest BCUT2D eigenvalue weighted by molar-refractivity contribution is 0.0994. The molecule has 3 aromatic carbocycles. The molecule has 0 spiro atoms. The zero-order valence-corrected chi connectivity index (χ0v) is 16.4. The second kappa shape index (κ2) is 8.72. The van der Waals surface area contributed by atoms with E-state index in [4.69, 9.17) is 0 Å². The van der Waals surface area contributed by atoms with E-state index in [0.29, 0.717) is 5.92 Å². The van der Waals surface area contributed by atoms with Crippen molar-refractivity contribution in [1.29, 1.82) is 0 Å². The predicted molar refractivity (Wildman–Crippen MR) is 116 cm³/mol. The Labute approximate surface area is 168 Å². The summed E-state index contributed by atoms with van der Waals surface area (Å²) in [6, 6.07) is 32.2. The van der Waals surface area contributed by atoms with Crippen LogP contribution in [0, 0.1) is 0 Å². The summed E-state index contributed by atoms with van der Waals surface area (Å²) in [6.45, 7) is 3.28. The number of aliphatic hydroxyl groups is 1. The van der Waals surface area contributed by atoms with Gasteiger partial charge in [0, 0.05) is 17.9 Å². The second-order valence-electron chi connectivity index (χ2n) is 7.98. The minimum absolute atomic E-state index is 0.0905. The van der Waals surface area contributed by atoms with Crippen molar-refractivity contribution in [2.24, 2.45) is 0 Å². The maximum absolute atomic E-state index is 10.2. The van der Waals surface area contributed by atoms with Gasteiger partial charge in [0.25, 0.3) is 0 Å². The van der Waals surface area contributed by atoms with Gasteiger partial charge in [-0.1, -0.05) is 91.0 Å². The first-order valence-corrected chi connectivity index (χ1v) is 10.3. The monoisotopic (exact) mass is 371 g/mol. The molecule has 144 valence electrons. The first-order chi connectivity index (χ1) is 13.8. The number of hydrogen-bond acceptors (Lipinski definition) is 2. The second-order valence-corrected chi connectivity index (χ2v) is 7.98. The van der Waals surface area contributed by atoms with Gasteiger partial charge in [-0.3, -0.25) is 0 Å². The van der Waals surface area contributed by atoms with Crippen LogP contribution in [-0.2, 0) is 5.41 Å². The topological polar surface area (TPSA) is 23.5 Å². The van der Waals surface area contributed by atoms with Crippen LogP contribution < -0.4 is 0 Å². The Balaban J connectivity index is 1.50. The highest BCUT2D eigenvalue weighted by Crippen LogP contribution is 2.36. The third kappa shape index (κ3) is 4.04. The van der Waals surface area contributed by atoms with Gasteiger partial charge in [-0.25, -0.2) is 0 Å². The average molecular weight is 372 g/mol. The minimum Gasteiger partial charge on any atom is -0.395 e. The van der Waals surface area contributed by atoms with Gasteiger partial charge >= 0.3 is 0 Å². The highest BCUT2D eigenvalue weighted by molar-refractivity contribution is 5.33. The Hall–Kier alpha value is -2.42. The lowest BCUT2D eigenvalue weighted by atomic mass is 9.73. The summed E-state index contributed by atoms with van der Waals surface area (Å²) in [5.41, 5.74) is 3.93. The molecular weight excluding hydrogens is 342 g/mol. The quantitative estimate of drug-likeness (QED) is 0.670. The molecule has 0 amide bonds. The van der Waals surface area contributed by atoms with E-state index in [9.17, 15) is 5.11 Å². The molecule has 0 atom stereocenters. The van der Waals surface area contributed by atoms with E-state index in [1.807, 2.05) is 6.07 Å². The molecule has 1 saturated heterocycles. The van der Waals surface area contributed by atoms with Gasteiger partial charge in [0.15, 0.2) is 0 Å².